The highest BCUT2D eigenvalue weighted by Crippen LogP contribution is 2.39. The monoisotopic (exact) mass is 311 g/mol. The van der Waals surface area contributed by atoms with Gasteiger partial charge in [0, 0.05) is 0 Å². The molecular formula is C17H29NO4. The zero-order valence-electron chi connectivity index (χ0n) is 13.8. The highest BCUT2D eigenvalue weighted by molar-refractivity contribution is 5.68. The van der Waals surface area contributed by atoms with Crippen LogP contribution in [-0.2, 0) is 9.47 Å². The average Bonchev–Trinajstić information content (AvgIpc) is 3.29. The van der Waals surface area contributed by atoms with Crippen LogP contribution in [0.25, 0.3) is 0 Å². The third-order valence-electron chi connectivity index (χ3n) is 5.33. The van der Waals surface area contributed by atoms with Crippen molar-refractivity contribution in [3.05, 3.63) is 0 Å². The maximum atomic E-state index is 12.4. The van der Waals surface area contributed by atoms with E-state index in [1.807, 2.05) is 13.8 Å². The van der Waals surface area contributed by atoms with E-state index in [4.69, 9.17) is 9.47 Å². The molecule has 0 aromatic heterocycles. The van der Waals surface area contributed by atoms with Crippen LogP contribution in [0.4, 0.5) is 4.79 Å². The molecule has 1 heterocycles. The number of carbonyl (C=O) groups excluding carboxylic acids is 1. The maximum absolute atomic E-state index is 12.4. The van der Waals surface area contributed by atoms with Gasteiger partial charge in [-0.3, -0.25) is 4.90 Å². The second-order valence-corrected chi connectivity index (χ2v) is 7.62. The van der Waals surface area contributed by atoms with E-state index >= 15 is 0 Å². The van der Waals surface area contributed by atoms with Crippen molar-refractivity contribution in [3.8, 4) is 0 Å². The lowest BCUT2D eigenvalue weighted by Gasteiger charge is -2.30. The van der Waals surface area contributed by atoms with Crippen molar-refractivity contribution < 1.29 is 19.4 Å². The fraction of sp³-hybridized carbons (Fsp3) is 0.941. The van der Waals surface area contributed by atoms with Gasteiger partial charge in [-0.1, -0.05) is 19.3 Å². The summed E-state index contributed by atoms with van der Waals surface area (Å²) in [5.74, 6) is 0.858. The van der Waals surface area contributed by atoms with Crippen molar-refractivity contribution in [2.75, 3.05) is 13.2 Å². The number of carbonyl (C=O) groups is 1. The zero-order chi connectivity index (χ0) is 15.7. The molecular weight excluding hydrogens is 282 g/mol. The average molecular weight is 311 g/mol. The number of amides is 1. The van der Waals surface area contributed by atoms with Crippen molar-refractivity contribution in [3.63, 3.8) is 0 Å². The second-order valence-electron chi connectivity index (χ2n) is 7.62. The standard InChI is InChI=1S/C17H29NO4/c1-17(2)18(10-14(22-17)15(19)13-8-9-13)16(20)21-11-12-6-4-3-5-7-12/h12-15,19H,3-11H2,1-2H3/t14?,15-/m1/s1. The third-order valence-corrected chi connectivity index (χ3v) is 5.33. The van der Waals surface area contributed by atoms with E-state index in [2.05, 4.69) is 0 Å². The van der Waals surface area contributed by atoms with Crippen LogP contribution in [0.3, 0.4) is 0 Å². The molecule has 3 fully saturated rings. The Morgan fingerprint density at radius 2 is 1.95 bits per heavy atom. The summed E-state index contributed by atoms with van der Waals surface area (Å²) in [6.07, 6.45) is 7.19. The Bertz CT molecular complexity index is 401. The lowest BCUT2D eigenvalue weighted by Crippen LogP contribution is -2.44. The fourth-order valence-corrected chi connectivity index (χ4v) is 3.71. The Kier molecular flexibility index (Phi) is 4.64. The number of nitrogens with zero attached hydrogens (tertiary/aromatic N) is 1. The molecule has 2 atom stereocenters. The minimum Gasteiger partial charge on any atom is -0.449 e. The normalized spacial score (nSPS) is 30.3. The fourth-order valence-electron chi connectivity index (χ4n) is 3.71. The molecule has 22 heavy (non-hydrogen) atoms. The van der Waals surface area contributed by atoms with Crippen LogP contribution in [0.15, 0.2) is 0 Å². The first-order valence-corrected chi connectivity index (χ1v) is 8.77. The van der Waals surface area contributed by atoms with Crippen LogP contribution >= 0.6 is 0 Å². The van der Waals surface area contributed by atoms with Crippen LogP contribution in [0.2, 0.25) is 0 Å². The molecule has 0 aromatic rings. The predicted molar refractivity (Wildman–Crippen MR) is 82.3 cm³/mol. The van der Waals surface area contributed by atoms with E-state index in [0.717, 1.165) is 25.7 Å². The molecule has 1 N–H and O–H groups in total. The van der Waals surface area contributed by atoms with Gasteiger partial charge >= 0.3 is 6.09 Å². The smallest absolute Gasteiger partial charge is 0.412 e. The van der Waals surface area contributed by atoms with Crippen molar-refractivity contribution in [1.29, 1.82) is 0 Å². The van der Waals surface area contributed by atoms with Gasteiger partial charge in [0.15, 0.2) is 0 Å². The Morgan fingerprint density at radius 3 is 2.59 bits per heavy atom. The van der Waals surface area contributed by atoms with Gasteiger partial charge in [-0.05, 0) is 51.4 Å². The molecule has 1 unspecified atom stereocenters. The molecule has 5 nitrogen and oxygen atoms in total. The number of ether oxygens (including phenoxy) is 2. The summed E-state index contributed by atoms with van der Waals surface area (Å²) < 4.78 is 11.4. The molecule has 3 aliphatic rings. The van der Waals surface area contributed by atoms with Crippen molar-refractivity contribution >= 4 is 6.09 Å². The SMILES string of the molecule is CC1(C)OC([C@H](O)C2CC2)CN1C(=O)OCC1CCCCC1. The van der Waals surface area contributed by atoms with E-state index in [0.29, 0.717) is 25.0 Å². The topological polar surface area (TPSA) is 59.0 Å². The Labute approximate surface area is 133 Å². The lowest BCUT2D eigenvalue weighted by atomic mass is 9.90. The minimum absolute atomic E-state index is 0.287. The van der Waals surface area contributed by atoms with Crippen LogP contribution in [0.1, 0.15) is 58.8 Å². The third kappa shape index (κ3) is 3.57. The molecule has 3 rings (SSSR count). The van der Waals surface area contributed by atoms with Crippen LogP contribution in [-0.4, -0.2) is 47.2 Å². The molecule has 2 saturated carbocycles. The van der Waals surface area contributed by atoms with Crippen LogP contribution in [0.5, 0.6) is 0 Å². The summed E-state index contributed by atoms with van der Waals surface area (Å²) in [4.78, 5) is 14.0. The second kappa shape index (κ2) is 6.36. The van der Waals surface area contributed by atoms with Crippen molar-refractivity contribution in [2.24, 2.45) is 11.8 Å². The van der Waals surface area contributed by atoms with Crippen molar-refractivity contribution in [2.45, 2.75) is 76.7 Å². The van der Waals surface area contributed by atoms with Crippen LogP contribution < -0.4 is 0 Å². The van der Waals surface area contributed by atoms with E-state index in [1.165, 1.54) is 19.3 Å². The molecule has 126 valence electrons. The summed E-state index contributed by atoms with van der Waals surface area (Å²) in [7, 11) is 0. The van der Waals surface area contributed by atoms with Gasteiger partial charge in [-0.25, -0.2) is 4.79 Å². The van der Waals surface area contributed by atoms with Gasteiger partial charge in [-0.15, -0.1) is 0 Å². The molecule has 1 saturated heterocycles. The van der Waals surface area contributed by atoms with Crippen molar-refractivity contribution in [1.82, 2.24) is 4.90 Å². The van der Waals surface area contributed by atoms with E-state index in [1.54, 1.807) is 4.90 Å². The first kappa shape index (κ1) is 16.1. The van der Waals surface area contributed by atoms with E-state index < -0.39 is 11.8 Å². The Hall–Kier alpha value is -0.810. The molecule has 0 spiro atoms. The van der Waals surface area contributed by atoms with E-state index in [9.17, 15) is 9.90 Å². The van der Waals surface area contributed by atoms with Gasteiger partial charge in [-0.2, -0.15) is 0 Å². The Balaban J connectivity index is 1.51. The highest BCUT2D eigenvalue weighted by Gasteiger charge is 2.48. The maximum Gasteiger partial charge on any atom is 0.412 e. The lowest BCUT2D eigenvalue weighted by molar-refractivity contribution is -0.103. The molecule has 1 aliphatic heterocycles. The molecule has 0 aromatic carbocycles. The summed E-state index contributed by atoms with van der Waals surface area (Å²) in [6, 6.07) is 0. The quantitative estimate of drug-likeness (QED) is 0.867. The number of hydrogen-bond donors (Lipinski definition) is 1. The Morgan fingerprint density at radius 1 is 1.27 bits per heavy atom. The largest absolute Gasteiger partial charge is 0.449 e. The first-order valence-electron chi connectivity index (χ1n) is 8.77. The summed E-state index contributed by atoms with van der Waals surface area (Å²) >= 11 is 0. The highest BCUT2D eigenvalue weighted by atomic mass is 16.6. The number of rotatable bonds is 4. The van der Waals surface area contributed by atoms with Gasteiger partial charge in [0.1, 0.15) is 11.8 Å². The van der Waals surface area contributed by atoms with Gasteiger partial charge < -0.3 is 14.6 Å². The molecule has 5 heteroatoms. The van der Waals surface area contributed by atoms with Crippen LogP contribution in [0, 0.1) is 11.8 Å². The number of aliphatic hydroxyl groups excluding tert-OH is 1. The predicted octanol–water partition coefficient (Wildman–Crippen LogP) is 2.91. The first-order chi connectivity index (χ1) is 10.5. The van der Waals surface area contributed by atoms with Gasteiger partial charge in [0.25, 0.3) is 0 Å². The van der Waals surface area contributed by atoms with Gasteiger partial charge in [0.05, 0.1) is 19.3 Å². The van der Waals surface area contributed by atoms with Gasteiger partial charge in [0.2, 0.25) is 0 Å². The number of aliphatic hydroxyl groups is 1. The molecule has 2 aliphatic carbocycles. The molecule has 1 amide bonds. The minimum atomic E-state index is -0.704. The summed E-state index contributed by atoms with van der Waals surface area (Å²) in [5, 5.41) is 10.3. The molecule has 0 bridgehead atoms. The zero-order valence-corrected chi connectivity index (χ0v) is 13.8. The molecule has 0 radical (unpaired) electrons. The van der Waals surface area contributed by atoms with E-state index in [-0.39, 0.29) is 12.2 Å². The summed E-state index contributed by atoms with van der Waals surface area (Å²) in [5.41, 5.74) is -0.704. The number of hydrogen-bond acceptors (Lipinski definition) is 4. The summed E-state index contributed by atoms with van der Waals surface area (Å²) in [6.45, 7) is 4.68.